The molecule has 28 heavy (non-hydrogen) atoms. The average Bonchev–Trinajstić information content (AvgIpc) is 3.27. The number of esters is 1. The second-order valence-electron chi connectivity index (χ2n) is 5.89. The van der Waals surface area contributed by atoms with Gasteiger partial charge < -0.3 is 10.1 Å². The maximum atomic E-state index is 12.2. The Balaban J connectivity index is 1.63. The van der Waals surface area contributed by atoms with Gasteiger partial charge in [-0.1, -0.05) is 0 Å². The molecule has 0 bridgehead atoms. The van der Waals surface area contributed by atoms with Crippen LogP contribution in [-0.2, 0) is 14.3 Å². The Labute approximate surface area is 165 Å². The summed E-state index contributed by atoms with van der Waals surface area (Å²) < 4.78 is 6.38. The zero-order valence-electron chi connectivity index (χ0n) is 15.5. The highest BCUT2D eigenvalue weighted by molar-refractivity contribution is 7.10. The first kappa shape index (κ1) is 19.4. The van der Waals surface area contributed by atoms with Crippen LogP contribution >= 0.6 is 11.3 Å². The van der Waals surface area contributed by atoms with Crippen LogP contribution in [0.15, 0.2) is 29.8 Å². The van der Waals surface area contributed by atoms with E-state index in [4.69, 9.17) is 4.74 Å². The van der Waals surface area contributed by atoms with E-state index < -0.39 is 18.5 Å². The number of nitrogens with one attached hydrogen (secondary N) is 1. The zero-order chi connectivity index (χ0) is 20.1. The lowest BCUT2D eigenvalue weighted by molar-refractivity contribution is -0.142. The van der Waals surface area contributed by atoms with E-state index in [-0.39, 0.29) is 0 Å². The molecule has 0 aliphatic heterocycles. The Morgan fingerprint density at radius 3 is 2.61 bits per heavy atom. The SMILES string of the molecule is Cc1cc(C)nc(-n2nc(C)cc2NC(=O)COC(=O)/C=C/c2nccs2)n1. The number of hydrogen-bond donors (Lipinski definition) is 1. The molecule has 3 aromatic rings. The van der Waals surface area contributed by atoms with Crippen LogP contribution in [0, 0.1) is 20.8 Å². The van der Waals surface area contributed by atoms with Crippen LogP contribution < -0.4 is 5.32 Å². The summed E-state index contributed by atoms with van der Waals surface area (Å²) in [6.07, 6.45) is 4.39. The van der Waals surface area contributed by atoms with Gasteiger partial charge in [-0.2, -0.15) is 9.78 Å². The summed E-state index contributed by atoms with van der Waals surface area (Å²) in [4.78, 5) is 36.6. The number of thiazole rings is 1. The highest BCUT2D eigenvalue weighted by atomic mass is 32.1. The number of hydrogen-bond acceptors (Lipinski definition) is 8. The summed E-state index contributed by atoms with van der Waals surface area (Å²) >= 11 is 1.39. The highest BCUT2D eigenvalue weighted by Gasteiger charge is 2.14. The van der Waals surface area contributed by atoms with Gasteiger partial charge in [0.1, 0.15) is 10.8 Å². The fourth-order valence-electron chi connectivity index (χ4n) is 2.36. The first-order valence-corrected chi connectivity index (χ1v) is 9.22. The molecule has 3 rings (SSSR count). The summed E-state index contributed by atoms with van der Waals surface area (Å²) in [5.74, 6) is -0.389. The minimum absolute atomic E-state index is 0.351. The Bertz CT molecular complexity index is 1010. The Morgan fingerprint density at radius 2 is 1.93 bits per heavy atom. The molecule has 0 aliphatic carbocycles. The van der Waals surface area contributed by atoms with Gasteiger partial charge in [0.2, 0.25) is 0 Å². The van der Waals surface area contributed by atoms with Crippen molar-refractivity contribution in [2.45, 2.75) is 20.8 Å². The lowest BCUT2D eigenvalue weighted by Gasteiger charge is -2.08. The van der Waals surface area contributed by atoms with Gasteiger partial charge in [0.15, 0.2) is 6.61 Å². The van der Waals surface area contributed by atoms with Crippen LogP contribution in [0.2, 0.25) is 0 Å². The molecule has 0 spiro atoms. The monoisotopic (exact) mass is 398 g/mol. The number of carbonyl (C=O) groups excluding carboxylic acids is 2. The average molecular weight is 398 g/mol. The van der Waals surface area contributed by atoms with E-state index in [1.165, 1.54) is 28.2 Å². The summed E-state index contributed by atoms with van der Waals surface area (Å²) in [6, 6.07) is 3.53. The predicted molar refractivity (Wildman–Crippen MR) is 104 cm³/mol. The van der Waals surface area contributed by atoms with Gasteiger partial charge in [-0.15, -0.1) is 11.3 Å². The van der Waals surface area contributed by atoms with Crippen LogP contribution in [0.5, 0.6) is 0 Å². The minimum atomic E-state index is -0.632. The highest BCUT2D eigenvalue weighted by Crippen LogP contribution is 2.15. The third-order valence-electron chi connectivity index (χ3n) is 3.42. The molecule has 1 amide bonds. The van der Waals surface area contributed by atoms with Gasteiger partial charge in [-0.25, -0.2) is 19.7 Å². The van der Waals surface area contributed by atoms with E-state index in [1.807, 2.05) is 19.9 Å². The van der Waals surface area contributed by atoms with Crippen molar-refractivity contribution in [2.24, 2.45) is 0 Å². The van der Waals surface area contributed by atoms with Gasteiger partial charge in [0.05, 0.1) is 5.69 Å². The second kappa shape index (κ2) is 8.53. The standard InChI is InChI=1S/C18H18N6O3S/c1-11-8-12(2)21-18(20-11)24-14(9-13(3)23-24)22-15(25)10-27-17(26)5-4-16-19-6-7-28-16/h4-9H,10H2,1-3H3,(H,22,25)/b5-4+. The van der Waals surface area contributed by atoms with Crippen LogP contribution in [0.1, 0.15) is 22.1 Å². The molecule has 10 heteroatoms. The van der Waals surface area contributed by atoms with Crippen LogP contribution in [0.3, 0.4) is 0 Å². The zero-order valence-corrected chi connectivity index (χ0v) is 16.4. The minimum Gasteiger partial charge on any atom is -0.452 e. The van der Waals surface area contributed by atoms with Crippen molar-refractivity contribution < 1.29 is 14.3 Å². The number of nitrogens with zero attached hydrogens (tertiary/aromatic N) is 5. The van der Waals surface area contributed by atoms with Gasteiger partial charge in [0, 0.05) is 35.1 Å². The Kier molecular flexibility index (Phi) is 5.90. The molecule has 0 aromatic carbocycles. The summed E-state index contributed by atoms with van der Waals surface area (Å²) in [5.41, 5.74) is 2.25. The molecule has 1 N–H and O–H groups in total. The maximum Gasteiger partial charge on any atom is 0.331 e. The van der Waals surface area contributed by atoms with Gasteiger partial charge in [-0.3, -0.25) is 4.79 Å². The van der Waals surface area contributed by atoms with Crippen LogP contribution in [-0.4, -0.2) is 43.2 Å². The number of aromatic nitrogens is 5. The first-order chi connectivity index (χ1) is 13.4. The quantitative estimate of drug-likeness (QED) is 0.500. The molecule has 0 fully saturated rings. The Morgan fingerprint density at radius 1 is 1.18 bits per heavy atom. The van der Waals surface area contributed by atoms with Gasteiger partial charge in [-0.05, 0) is 32.9 Å². The molecule has 0 unspecified atom stereocenters. The fourth-order valence-corrected chi connectivity index (χ4v) is 2.89. The molecule has 3 aromatic heterocycles. The summed E-state index contributed by atoms with van der Waals surface area (Å²) in [7, 11) is 0. The third kappa shape index (κ3) is 5.07. The predicted octanol–water partition coefficient (Wildman–Crippen LogP) is 2.24. The normalized spacial score (nSPS) is 11.0. The molecule has 144 valence electrons. The van der Waals surface area contributed by atoms with E-state index in [2.05, 4.69) is 25.4 Å². The first-order valence-electron chi connectivity index (χ1n) is 8.34. The van der Waals surface area contributed by atoms with Crippen LogP contribution in [0.4, 0.5) is 5.82 Å². The molecule has 0 atom stereocenters. The topological polar surface area (TPSA) is 112 Å². The molecule has 0 aliphatic rings. The number of rotatable bonds is 6. The lowest BCUT2D eigenvalue weighted by atomic mass is 10.4. The molecular weight excluding hydrogens is 380 g/mol. The van der Waals surface area contributed by atoms with E-state index >= 15 is 0 Å². The molecule has 0 saturated carbocycles. The van der Waals surface area contributed by atoms with Crippen LogP contribution in [0.25, 0.3) is 12.0 Å². The van der Waals surface area contributed by atoms with Gasteiger partial charge >= 0.3 is 5.97 Å². The summed E-state index contributed by atoms with van der Waals surface area (Å²) in [5, 5.41) is 9.46. The van der Waals surface area contributed by atoms with E-state index in [0.717, 1.165) is 11.4 Å². The number of ether oxygens (including phenoxy) is 1. The maximum absolute atomic E-state index is 12.2. The lowest BCUT2D eigenvalue weighted by Crippen LogP contribution is -2.22. The smallest absolute Gasteiger partial charge is 0.331 e. The van der Waals surface area contributed by atoms with Crippen molar-refractivity contribution in [3.8, 4) is 5.95 Å². The van der Waals surface area contributed by atoms with E-state index in [0.29, 0.717) is 22.5 Å². The van der Waals surface area contributed by atoms with Crippen molar-refractivity contribution >= 4 is 35.1 Å². The Hall–Kier alpha value is -3.40. The number of anilines is 1. The second-order valence-corrected chi connectivity index (χ2v) is 6.82. The van der Waals surface area contributed by atoms with Crippen molar-refractivity contribution in [3.05, 3.63) is 51.9 Å². The van der Waals surface area contributed by atoms with Crippen molar-refractivity contribution in [3.63, 3.8) is 0 Å². The number of aryl methyl sites for hydroxylation is 3. The third-order valence-corrected chi connectivity index (χ3v) is 4.16. The number of amides is 1. The van der Waals surface area contributed by atoms with E-state index in [9.17, 15) is 9.59 Å². The molecule has 0 radical (unpaired) electrons. The van der Waals surface area contributed by atoms with E-state index in [1.54, 1.807) is 24.6 Å². The van der Waals surface area contributed by atoms with Gasteiger partial charge in [0.25, 0.3) is 11.9 Å². The van der Waals surface area contributed by atoms with Crippen molar-refractivity contribution in [1.29, 1.82) is 0 Å². The largest absolute Gasteiger partial charge is 0.452 e. The molecule has 9 nitrogen and oxygen atoms in total. The molecule has 0 saturated heterocycles. The number of carbonyl (C=O) groups is 2. The van der Waals surface area contributed by atoms with Crippen molar-refractivity contribution in [2.75, 3.05) is 11.9 Å². The summed E-state index contributed by atoms with van der Waals surface area (Å²) in [6.45, 7) is 5.06. The fraction of sp³-hybridized carbons (Fsp3) is 0.222. The van der Waals surface area contributed by atoms with Crippen molar-refractivity contribution in [1.82, 2.24) is 24.7 Å². The molecular formula is C18H18N6O3S. The molecule has 3 heterocycles.